The van der Waals surface area contributed by atoms with Crippen LogP contribution < -0.4 is 5.32 Å². The second kappa shape index (κ2) is 8.32. The summed E-state index contributed by atoms with van der Waals surface area (Å²) in [6, 6.07) is -0.0723. The third kappa shape index (κ3) is 5.23. The number of nitrogens with zero attached hydrogens (tertiary/aromatic N) is 2. The largest absolute Gasteiger partial charge is 0.395 e. The molecule has 2 N–H and O–H groups in total. The highest BCUT2D eigenvalue weighted by Gasteiger charge is 2.16. The molecule has 18 heavy (non-hydrogen) atoms. The molecule has 1 fully saturated rings. The average molecular weight is 257 g/mol. The van der Waals surface area contributed by atoms with Gasteiger partial charge in [0.05, 0.1) is 6.61 Å². The van der Waals surface area contributed by atoms with Crippen LogP contribution in [0.2, 0.25) is 0 Å². The highest BCUT2D eigenvalue weighted by Crippen LogP contribution is 2.14. The minimum atomic E-state index is -0.0723. The van der Waals surface area contributed by atoms with Crippen molar-refractivity contribution < 1.29 is 9.90 Å². The molecule has 0 saturated carbocycles. The maximum atomic E-state index is 11.7. The van der Waals surface area contributed by atoms with Crippen LogP contribution in [-0.4, -0.2) is 66.8 Å². The molecule has 1 aliphatic heterocycles. The Hall–Kier alpha value is -0.810. The molecule has 1 saturated heterocycles. The first-order valence-electron chi connectivity index (χ1n) is 7.03. The number of amides is 2. The summed E-state index contributed by atoms with van der Waals surface area (Å²) in [5, 5.41) is 11.8. The number of rotatable bonds is 6. The smallest absolute Gasteiger partial charge is 0.317 e. The quantitative estimate of drug-likeness (QED) is 0.738. The first-order valence-corrected chi connectivity index (χ1v) is 7.03. The Bertz CT molecular complexity index is 240. The Morgan fingerprint density at radius 3 is 2.67 bits per heavy atom. The average Bonchev–Trinajstić information content (AvgIpc) is 2.38. The molecule has 5 heteroatoms. The van der Waals surface area contributed by atoms with Gasteiger partial charge in [0.2, 0.25) is 0 Å². The lowest BCUT2D eigenvalue weighted by atomic mass is 9.99. The summed E-state index contributed by atoms with van der Waals surface area (Å²) in [7, 11) is 0. The SMILES string of the molecule is CCN(CCO)C(=O)NCCN1CCC(C)CC1. The lowest BCUT2D eigenvalue weighted by molar-refractivity contribution is 0.172. The van der Waals surface area contributed by atoms with Crippen LogP contribution in [0.25, 0.3) is 0 Å². The molecule has 1 rings (SSSR count). The standard InChI is InChI=1S/C13H27N3O2/c1-3-16(10-11-17)13(18)14-6-9-15-7-4-12(2)5-8-15/h12,17H,3-11H2,1-2H3,(H,14,18). The Balaban J connectivity index is 2.14. The van der Waals surface area contributed by atoms with E-state index >= 15 is 0 Å². The van der Waals surface area contributed by atoms with Gasteiger partial charge in [-0.05, 0) is 38.8 Å². The lowest BCUT2D eigenvalue weighted by Gasteiger charge is -2.30. The Labute approximate surface area is 110 Å². The minimum Gasteiger partial charge on any atom is -0.395 e. The number of carbonyl (C=O) groups is 1. The van der Waals surface area contributed by atoms with E-state index in [1.807, 2.05) is 6.92 Å². The van der Waals surface area contributed by atoms with E-state index in [0.717, 1.165) is 25.6 Å². The van der Waals surface area contributed by atoms with Gasteiger partial charge in [0.15, 0.2) is 0 Å². The normalized spacial score (nSPS) is 17.7. The van der Waals surface area contributed by atoms with Crippen LogP contribution in [0.5, 0.6) is 0 Å². The lowest BCUT2D eigenvalue weighted by Crippen LogP contribution is -2.45. The number of piperidine rings is 1. The number of urea groups is 1. The molecular weight excluding hydrogens is 230 g/mol. The number of carbonyl (C=O) groups excluding carboxylic acids is 1. The van der Waals surface area contributed by atoms with Crippen molar-refractivity contribution >= 4 is 6.03 Å². The van der Waals surface area contributed by atoms with E-state index in [4.69, 9.17) is 5.11 Å². The predicted molar refractivity (Wildman–Crippen MR) is 72.6 cm³/mol. The van der Waals surface area contributed by atoms with Gasteiger partial charge in [0.25, 0.3) is 0 Å². The highest BCUT2D eigenvalue weighted by molar-refractivity contribution is 5.74. The fraction of sp³-hybridized carbons (Fsp3) is 0.923. The van der Waals surface area contributed by atoms with Crippen LogP contribution in [0.4, 0.5) is 4.79 Å². The summed E-state index contributed by atoms with van der Waals surface area (Å²) in [4.78, 5) is 15.8. The topological polar surface area (TPSA) is 55.8 Å². The first kappa shape index (κ1) is 15.2. The number of hydrogen-bond acceptors (Lipinski definition) is 3. The molecule has 1 heterocycles. The maximum Gasteiger partial charge on any atom is 0.317 e. The molecule has 5 nitrogen and oxygen atoms in total. The van der Waals surface area contributed by atoms with Crippen molar-refractivity contribution in [2.75, 3.05) is 45.9 Å². The van der Waals surface area contributed by atoms with Crippen molar-refractivity contribution in [3.05, 3.63) is 0 Å². The molecule has 106 valence electrons. The Morgan fingerprint density at radius 1 is 1.44 bits per heavy atom. The second-order valence-corrected chi connectivity index (χ2v) is 5.06. The van der Waals surface area contributed by atoms with E-state index < -0.39 is 0 Å². The third-order valence-corrected chi connectivity index (χ3v) is 3.62. The van der Waals surface area contributed by atoms with E-state index in [9.17, 15) is 4.79 Å². The van der Waals surface area contributed by atoms with E-state index in [0.29, 0.717) is 19.6 Å². The number of likely N-dealkylation sites (N-methyl/N-ethyl adjacent to an activating group) is 1. The fourth-order valence-corrected chi connectivity index (χ4v) is 2.24. The van der Waals surface area contributed by atoms with Gasteiger partial charge in [-0.1, -0.05) is 6.92 Å². The number of hydrogen-bond donors (Lipinski definition) is 2. The molecule has 0 aromatic rings. The summed E-state index contributed by atoms with van der Waals surface area (Å²) in [5.41, 5.74) is 0. The number of aliphatic hydroxyl groups excluding tert-OH is 1. The predicted octanol–water partition coefficient (Wildman–Crippen LogP) is 0.742. The molecule has 0 radical (unpaired) electrons. The first-order chi connectivity index (χ1) is 8.67. The van der Waals surface area contributed by atoms with E-state index in [2.05, 4.69) is 17.1 Å². The molecule has 0 bridgehead atoms. The molecule has 0 aromatic heterocycles. The summed E-state index contributed by atoms with van der Waals surface area (Å²) in [6.07, 6.45) is 2.53. The van der Waals surface area contributed by atoms with Gasteiger partial charge >= 0.3 is 6.03 Å². The summed E-state index contributed by atoms with van der Waals surface area (Å²) in [5.74, 6) is 0.843. The number of aliphatic hydroxyl groups is 1. The monoisotopic (exact) mass is 257 g/mol. The molecule has 0 aliphatic carbocycles. The van der Waals surface area contributed by atoms with Crippen LogP contribution in [0.15, 0.2) is 0 Å². The maximum absolute atomic E-state index is 11.7. The summed E-state index contributed by atoms with van der Waals surface area (Å²) in [6.45, 7) is 9.18. The molecule has 2 amide bonds. The van der Waals surface area contributed by atoms with Gasteiger partial charge in [-0.25, -0.2) is 4.79 Å². The van der Waals surface area contributed by atoms with E-state index in [1.165, 1.54) is 12.8 Å². The zero-order chi connectivity index (χ0) is 13.4. The molecule has 0 aromatic carbocycles. The molecular formula is C13H27N3O2. The van der Waals surface area contributed by atoms with Crippen molar-refractivity contribution in [3.8, 4) is 0 Å². The highest BCUT2D eigenvalue weighted by atomic mass is 16.3. The third-order valence-electron chi connectivity index (χ3n) is 3.62. The van der Waals surface area contributed by atoms with Crippen molar-refractivity contribution in [1.82, 2.24) is 15.1 Å². The van der Waals surface area contributed by atoms with Crippen molar-refractivity contribution in [2.24, 2.45) is 5.92 Å². The Kier molecular flexibility index (Phi) is 7.05. The Morgan fingerprint density at radius 2 is 2.11 bits per heavy atom. The van der Waals surface area contributed by atoms with Gasteiger partial charge in [0.1, 0.15) is 0 Å². The van der Waals surface area contributed by atoms with Crippen molar-refractivity contribution in [1.29, 1.82) is 0 Å². The van der Waals surface area contributed by atoms with Gasteiger partial charge in [-0.15, -0.1) is 0 Å². The van der Waals surface area contributed by atoms with Gasteiger partial charge < -0.3 is 20.2 Å². The number of nitrogens with one attached hydrogen (secondary N) is 1. The minimum absolute atomic E-state index is 0.0191. The molecule has 0 unspecified atom stereocenters. The molecule has 1 aliphatic rings. The van der Waals surface area contributed by atoms with Gasteiger partial charge in [0, 0.05) is 26.2 Å². The summed E-state index contributed by atoms with van der Waals surface area (Å²) < 4.78 is 0. The van der Waals surface area contributed by atoms with Crippen molar-refractivity contribution in [2.45, 2.75) is 26.7 Å². The molecule has 0 spiro atoms. The molecule has 0 atom stereocenters. The zero-order valence-electron chi connectivity index (χ0n) is 11.7. The van der Waals surface area contributed by atoms with E-state index in [-0.39, 0.29) is 12.6 Å². The number of likely N-dealkylation sites (tertiary alicyclic amines) is 1. The fourth-order valence-electron chi connectivity index (χ4n) is 2.24. The van der Waals surface area contributed by atoms with Crippen LogP contribution >= 0.6 is 0 Å². The zero-order valence-corrected chi connectivity index (χ0v) is 11.7. The van der Waals surface area contributed by atoms with Gasteiger partial charge in [-0.3, -0.25) is 0 Å². The van der Waals surface area contributed by atoms with E-state index in [1.54, 1.807) is 4.90 Å². The van der Waals surface area contributed by atoms with Crippen LogP contribution in [-0.2, 0) is 0 Å². The van der Waals surface area contributed by atoms with Crippen molar-refractivity contribution in [3.63, 3.8) is 0 Å². The van der Waals surface area contributed by atoms with Crippen LogP contribution in [0.3, 0.4) is 0 Å². The summed E-state index contributed by atoms with van der Waals surface area (Å²) >= 11 is 0. The van der Waals surface area contributed by atoms with Gasteiger partial charge in [-0.2, -0.15) is 0 Å². The van der Waals surface area contributed by atoms with Crippen LogP contribution in [0.1, 0.15) is 26.7 Å². The second-order valence-electron chi connectivity index (χ2n) is 5.06. The van der Waals surface area contributed by atoms with Crippen LogP contribution in [0, 0.1) is 5.92 Å².